The van der Waals surface area contributed by atoms with E-state index in [-0.39, 0.29) is 11.2 Å². The summed E-state index contributed by atoms with van der Waals surface area (Å²) in [5, 5.41) is 4.12. The number of thioether (sulfide) groups is 1. The van der Waals surface area contributed by atoms with Crippen molar-refractivity contribution in [1.29, 1.82) is 0 Å². The first kappa shape index (κ1) is 12.4. The number of hydrogen-bond acceptors (Lipinski definition) is 6. The van der Waals surface area contributed by atoms with Gasteiger partial charge in [0, 0.05) is 11.2 Å². The van der Waals surface area contributed by atoms with E-state index in [1.807, 2.05) is 6.92 Å². The fraction of sp³-hybridized carbons (Fsp3) is 0.727. The minimum atomic E-state index is -0.184. The zero-order valence-corrected chi connectivity index (χ0v) is 10.8. The standard InChI is InChI=1S/C11H16N2O3S/c1-7(5-10(14)15-2)17-6-9-12-11(16-13-9)8-3-4-8/h7-8H,3-6H2,1-2H3. The van der Waals surface area contributed by atoms with Gasteiger partial charge < -0.3 is 9.26 Å². The lowest BCUT2D eigenvalue weighted by atomic mass is 10.3. The maximum absolute atomic E-state index is 11.0. The van der Waals surface area contributed by atoms with Gasteiger partial charge in [-0.25, -0.2) is 0 Å². The number of esters is 1. The van der Waals surface area contributed by atoms with Gasteiger partial charge in [0.2, 0.25) is 5.89 Å². The van der Waals surface area contributed by atoms with Gasteiger partial charge in [0.25, 0.3) is 0 Å². The molecule has 1 fully saturated rings. The van der Waals surface area contributed by atoms with Crippen molar-refractivity contribution < 1.29 is 14.1 Å². The molecule has 0 N–H and O–H groups in total. The molecule has 2 rings (SSSR count). The van der Waals surface area contributed by atoms with Crippen LogP contribution in [0.2, 0.25) is 0 Å². The number of ether oxygens (including phenoxy) is 1. The molecule has 6 heteroatoms. The summed E-state index contributed by atoms with van der Waals surface area (Å²) in [4.78, 5) is 15.4. The monoisotopic (exact) mass is 256 g/mol. The van der Waals surface area contributed by atoms with E-state index in [0.717, 1.165) is 18.7 Å². The molecule has 1 aromatic rings. The molecular formula is C11H16N2O3S. The van der Waals surface area contributed by atoms with Crippen molar-refractivity contribution in [3.05, 3.63) is 11.7 Å². The number of aromatic nitrogens is 2. The Labute approximate surface area is 104 Å². The number of rotatable bonds is 6. The van der Waals surface area contributed by atoms with E-state index in [0.29, 0.717) is 23.9 Å². The van der Waals surface area contributed by atoms with Crippen molar-refractivity contribution in [2.45, 2.75) is 43.1 Å². The number of carbonyl (C=O) groups is 1. The molecule has 17 heavy (non-hydrogen) atoms. The average molecular weight is 256 g/mol. The van der Waals surface area contributed by atoms with Crippen LogP contribution in [0.25, 0.3) is 0 Å². The Hall–Kier alpha value is -1.04. The van der Waals surface area contributed by atoms with Crippen molar-refractivity contribution in [3.8, 4) is 0 Å². The van der Waals surface area contributed by atoms with E-state index in [1.54, 1.807) is 11.8 Å². The van der Waals surface area contributed by atoms with Gasteiger partial charge in [-0.05, 0) is 12.8 Å². The summed E-state index contributed by atoms with van der Waals surface area (Å²) in [6.45, 7) is 1.99. The van der Waals surface area contributed by atoms with E-state index >= 15 is 0 Å². The lowest BCUT2D eigenvalue weighted by molar-refractivity contribution is -0.140. The molecule has 1 aromatic heterocycles. The van der Waals surface area contributed by atoms with Crippen molar-refractivity contribution in [1.82, 2.24) is 10.1 Å². The predicted molar refractivity (Wildman–Crippen MR) is 63.7 cm³/mol. The van der Waals surface area contributed by atoms with Crippen LogP contribution >= 0.6 is 11.8 Å². The van der Waals surface area contributed by atoms with Gasteiger partial charge in [-0.15, -0.1) is 11.8 Å². The van der Waals surface area contributed by atoms with Crippen LogP contribution in [0.4, 0.5) is 0 Å². The highest BCUT2D eigenvalue weighted by Crippen LogP contribution is 2.39. The molecule has 1 unspecified atom stereocenters. The van der Waals surface area contributed by atoms with Gasteiger partial charge >= 0.3 is 5.97 Å². The highest BCUT2D eigenvalue weighted by molar-refractivity contribution is 7.99. The molecule has 1 heterocycles. The first-order valence-corrected chi connectivity index (χ1v) is 6.75. The van der Waals surface area contributed by atoms with Crippen LogP contribution in [0, 0.1) is 0 Å². The Balaban J connectivity index is 1.74. The van der Waals surface area contributed by atoms with E-state index < -0.39 is 0 Å². The molecule has 0 aromatic carbocycles. The summed E-state index contributed by atoms with van der Waals surface area (Å²) in [5.41, 5.74) is 0. The van der Waals surface area contributed by atoms with Crippen LogP contribution in [0.15, 0.2) is 4.52 Å². The molecule has 0 aliphatic heterocycles. The number of carbonyl (C=O) groups excluding carboxylic acids is 1. The van der Waals surface area contributed by atoms with E-state index in [2.05, 4.69) is 14.9 Å². The lowest BCUT2D eigenvalue weighted by Gasteiger charge is -2.07. The van der Waals surface area contributed by atoms with Gasteiger partial charge in [0.15, 0.2) is 5.82 Å². The van der Waals surface area contributed by atoms with Crippen molar-refractivity contribution in [3.63, 3.8) is 0 Å². The Bertz CT molecular complexity index is 390. The zero-order valence-electron chi connectivity index (χ0n) is 10.0. The van der Waals surface area contributed by atoms with Crippen LogP contribution in [0.5, 0.6) is 0 Å². The smallest absolute Gasteiger partial charge is 0.306 e. The van der Waals surface area contributed by atoms with Crippen LogP contribution in [-0.4, -0.2) is 28.5 Å². The number of hydrogen-bond donors (Lipinski definition) is 0. The molecule has 0 amide bonds. The van der Waals surface area contributed by atoms with Crippen molar-refractivity contribution in [2.24, 2.45) is 0 Å². The Morgan fingerprint density at radius 1 is 1.65 bits per heavy atom. The van der Waals surface area contributed by atoms with Crippen molar-refractivity contribution >= 4 is 17.7 Å². The third-order valence-electron chi connectivity index (χ3n) is 2.59. The Morgan fingerprint density at radius 3 is 3.06 bits per heavy atom. The number of methoxy groups -OCH3 is 1. The summed E-state index contributed by atoms with van der Waals surface area (Å²) in [6.07, 6.45) is 2.73. The van der Waals surface area contributed by atoms with E-state index in [1.165, 1.54) is 7.11 Å². The number of nitrogens with zero attached hydrogens (tertiary/aromatic N) is 2. The lowest BCUT2D eigenvalue weighted by Crippen LogP contribution is -2.08. The van der Waals surface area contributed by atoms with Crippen LogP contribution in [-0.2, 0) is 15.3 Å². The normalized spacial score (nSPS) is 16.8. The van der Waals surface area contributed by atoms with Gasteiger partial charge in [-0.2, -0.15) is 4.98 Å². The molecule has 0 spiro atoms. The van der Waals surface area contributed by atoms with Crippen LogP contribution in [0.1, 0.15) is 43.8 Å². The largest absolute Gasteiger partial charge is 0.469 e. The molecule has 0 radical (unpaired) electrons. The van der Waals surface area contributed by atoms with Gasteiger partial charge in [0.05, 0.1) is 19.3 Å². The first-order valence-electron chi connectivity index (χ1n) is 5.70. The molecule has 0 saturated heterocycles. The molecule has 1 atom stereocenters. The Morgan fingerprint density at radius 2 is 2.41 bits per heavy atom. The molecule has 0 bridgehead atoms. The fourth-order valence-electron chi connectivity index (χ4n) is 1.42. The minimum absolute atomic E-state index is 0.184. The second kappa shape index (κ2) is 5.53. The van der Waals surface area contributed by atoms with Gasteiger partial charge in [0.1, 0.15) is 0 Å². The molecule has 1 aliphatic carbocycles. The maximum atomic E-state index is 11.0. The third kappa shape index (κ3) is 3.73. The minimum Gasteiger partial charge on any atom is -0.469 e. The third-order valence-corrected chi connectivity index (χ3v) is 3.75. The second-order valence-corrected chi connectivity index (χ2v) is 5.65. The van der Waals surface area contributed by atoms with E-state index in [9.17, 15) is 4.79 Å². The molecule has 1 aliphatic rings. The quantitative estimate of drug-likeness (QED) is 0.726. The predicted octanol–water partition coefficient (Wildman–Crippen LogP) is 2.13. The highest BCUT2D eigenvalue weighted by Gasteiger charge is 2.29. The van der Waals surface area contributed by atoms with Gasteiger partial charge in [-0.1, -0.05) is 12.1 Å². The fourth-order valence-corrected chi connectivity index (χ4v) is 2.22. The summed E-state index contributed by atoms with van der Waals surface area (Å²) in [5.74, 6) is 2.47. The summed E-state index contributed by atoms with van der Waals surface area (Å²) in [7, 11) is 1.40. The summed E-state index contributed by atoms with van der Waals surface area (Å²) >= 11 is 1.63. The topological polar surface area (TPSA) is 65.2 Å². The highest BCUT2D eigenvalue weighted by atomic mass is 32.2. The van der Waals surface area contributed by atoms with Crippen LogP contribution < -0.4 is 0 Å². The second-order valence-electron chi connectivity index (χ2n) is 4.22. The van der Waals surface area contributed by atoms with Gasteiger partial charge in [-0.3, -0.25) is 4.79 Å². The average Bonchev–Trinajstić information content (AvgIpc) is 3.06. The first-order chi connectivity index (χ1) is 8.19. The molecule has 94 valence electrons. The van der Waals surface area contributed by atoms with E-state index in [4.69, 9.17) is 4.52 Å². The summed E-state index contributed by atoms with van der Waals surface area (Å²) in [6, 6.07) is 0. The van der Waals surface area contributed by atoms with Crippen LogP contribution in [0.3, 0.4) is 0 Å². The summed E-state index contributed by atoms with van der Waals surface area (Å²) < 4.78 is 9.77. The molecule has 1 saturated carbocycles. The SMILES string of the molecule is COC(=O)CC(C)SCc1noc(C2CC2)n1. The molecular weight excluding hydrogens is 240 g/mol. The molecule has 5 nitrogen and oxygen atoms in total. The van der Waals surface area contributed by atoms with Crippen molar-refractivity contribution in [2.75, 3.05) is 7.11 Å². The maximum Gasteiger partial charge on any atom is 0.306 e. The zero-order chi connectivity index (χ0) is 12.3. The Kier molecular flexibility index (Phi) is 4.04.